The fourth-order valence-electron chi connectivity index (χ4n) is 2.93. The molecule has 5 heteroatoms. The largest absolute Gasteiger partial charge is 0.343 e. The SMILES string of the molecule is O=c1[nH]nc(-c2ccc(Cl)cc2)n1CC1CCCCC1. The molecule has 1 aliphatic rings. The molecule has 0 saturated heterocycles. The van der Waals surface area contributed by atoms with Crippen molar-refractivity contribution >= 4 is 11.6 Å². The summed E-state index contributed by atoms with van der Waals surface area (Å²) in [6.45, 7) is 0.757. The molecule has 4 nitrogen and oxygen atoms in total. The quantitative estimate of drug-likeness (QED) is 0.941. The third kappa shape index (κ3) is 2.80. The molecule has 0 spiro atoms. The predicted octanol–water partition coefficient (Wildman–Crippen LogP) is 3.47. The minimum absolute atomic E-state index is 0.125. The van der Waals surface area contributed by atoms with Crippen LogP contribution in [-0.4, -0.2) is 14.8 Å². The van der Waals surface area contributed by atoms with Crippen LogP contribution in [0, 0.1) is 5.92 Å². The molecule has 0 unspecified atom stereocenters. The van der Waals surface area contributed by atoms with Gasteiger partial charge in [-0.1, -0.05) is 30.9 Å². The van der Waals surface area contributed by atoms with Crippen molar-refractivity contribution in [3.8, 4) is 11.4 Å². The highest BCUT2D eigenvalue weighted by atomic mass is 35.5. The number of benzene rings is 1. The number of hydrogen-bond acceptors (Lipinski definition) is 2. The molecule has 1 fully saturated rings. The summed E-state index contributed by atoms with van der Waals surface area (Å²) in [7, 11) is 0. The fraction of sp³-hybridized carbons (Fsp3) is 0.467. The average Bonchev–Trinajstić information content (AvgIpc) is 2.83. The Morgan fingerprint density at radius 3 is 2.60 bits per heavy atom. The van der Waals surface area contributed by atoms with E-state index >= 15 is 0 Å². The zero-order valence-corrected chi connectivity index (χ0v) is 12.1. The number of hydrogen-bond donors (Lipinski definition) is 1. The first kappa shape index (κ1) is 13.4. The normalized spacial score (nSPS) is 16.4. The van der Waals surface area contributed by atoms with Crippen LogP contribution in [0.1, 0.15) is 32.1 Å². The maximum Gasteiger partial charge on any atom is 0.343 e. The zero-order valence-electron chi connectivity index (χ0n) is 11.3. The fourth-order valence-corrected chi connectivity index (χ4v) is 3.06. The smallest absolute Gasteiger partial charge is 0.275 e. The van der Waals surface area contributed by atoms with Crippen molar-refractivity contribution in [1.29, 1.82) is 0 Å². The summed E-state index contributed by atoms with van der Waals surface area (Å²) in [5.41, 5.74) is 0.795. The Kier molecular flexibility index (Phi) is 3.92. The first-order chi connectivity index (χ1) is 9.74. The molecule has 1 saturated carbocycles. The summed E-state index contributed by atoms with van der Waals surface area (Å²) in [6.07, 6.45) is 6.28. The molecule has 1 N–H and O–H groups in total. The van der Waals surface area contributed by atoms with E-state index in [0.29, 0.717) is 16.8 Å². The van der Waals surface area contributed by atoms with Crippen LogP contribution in [0.5, 0.6) is 0 Å². The molecule has 0 bridgehead atoms. The molecule has 1 aromatic carbocycles. The molecule has 0 radical (unpaired) electrons. The van der Waals surface area contributed by atoms with Crippen molar-refractivity contribution in [3.05, 3.63) is 39.8 Å². The molecule has 0 atom stereocenters. The average molecular weight is 292 g/mol. The molecule has 0 aliphatic heterocycles. The highest BCUT2D eigenvalue weighted by Gasteiger charge is 2.18. The summed E-state index contributed by atoms with van der Waals surface area (Å²) >= 11 is 5.90. The van der Waals surface area contributed by atoms with E-state index in [0.717, 1.165) is 12.1 Å². The van der Waals surface area contributed by atoms with Crippen molar-refractivity contribution < 1.29 is 0 Å². The minimum Gasteiger partial charge on any atom is -0.275 e. The van der Waals surface area contributed by atoms with E-state index in [1.807, 2.05) is 24.3 Å². The lowest BCUT2D eigenvalue weighted by Crippen LogP contribution is -2.23. The van der Waals surface area contributed by atoms with Crippen molar-refractivity contribution in [2.24, 2.45) is 5.92 Å². The van der Waals surface area contributed by atoms with E-state index in [9.17, 15) is 4.79 Å². The summed E-state index contributed by atoms with van der Waals surface area (Å²) < 4.78 is 1.76. The molecule has 1 aromatic heterocycles. The topological polar surface area (TPSA) is 50.7 Å². The van der Waals surface area contributed by atoms with Gasteiger partial charge >= 0.3 is 5.69 Å². The zero-order chi connectivity index (χ0) is 13.9. The molecular formula is C15H18ClN3O. The summed E-state index contributed by atoms with van der Waals surface area (Å²) in [6, 6.07) is 7.44. The lowest BCUT2D eigenvalue weighted by atomic mass is 9.89. The lowest BCUT2D eigenvalue weighted by molar-refractivity contribution is 0.317. The Labute approximate surface area is 122 Å². The summed E-state index contributed by atoms with van der Waals surface area (Å²) in [4.78, 5) is 12.0. The summed E-state index contributed by atoms with van der Waals surface area (Å²) in [5.74, 6) is 1.29. The van der Waals surface area contributed by atoms with Crippen LogP contribution in [-0.2, 0) is 6.54 Å². The van der Waals surface area contributed by atoms with Crippen LogP contribution in [0.4, 0.5) is 0 Å². The van der Waals surface area contributed by atoms with Crippen LogP contribution >= 0.6 is 11.6 Å². The Balaban J connectivity index is 1.88. The minimum atomic E-state index is -0.125. The molecule has 0 amide bonds. The second kappa shape index (κ2) is 5.83. The highest BCUT2D eigenvalue weighted by molar-refractivity contribution is 6.30. The van der Waals surface area contributed by atoms with Gasteiger partial charge in [0.2, 0.25) is 0 Å². The third-order valence-electron chi connectivity index (χ3n) is 4.03. The molecule has 1 aliphatic carbocycles. The van der Waals surface area contributed by atoms with E-state index < -0.39 is 0 Å². The molecular weight excluding hydrogens is 274 g/mol. The number of halogens is 1. The lowest BCUT2D eigenvalue weighted by Gasteiger charge is -2.21. The first-order valence-electron chi connectivity index (χ1n) is 7.15. The molecule has 2 aromatic rings. The third-order valence-corrected chi connectivity index (χ3v) is 4.28. The van der Waals surface area contributed by atoms with Crippen LogP contribution in [0.3, 0.4) is 0 Å². The van der Waals surface area contributed by atoms with Gasteiger partial charge in [0.05, 0.1) is 0 Å². The molecule has 20 heavy (non-hydrogen) atoms. The van der Waals surface area contributed by atoms with Crippen molar-refractivity contribution in [1.82, 2.24) is 14.8 Å². The molecule has 106 valence electrons. The molecule has 1 heterocycles. The van der Waals surface area contributed by atoms with Crippen LogP contribution in [0.25, 0.3) is 11.4 Å². The molecule has 3 rings (SSSR count). The van der Waals surface area contributed by atoms with Crippen LogP contribution in [0.2, 0.25) is 5.02 Å². The summed E-state index contributed by atoms with van der Waals surface area (Å²) in [5, 5.41) is 7.41. The van der Waals surface area contributed by atoms with Crippen LogP contribution in [0.15, 0.2) is 29.1 Å². The van der Waals surface area contributed by atoms with Crippen molar-refractivity contribution in [2.45, 2.75) is 38.6 Å². The number of rotatable bonds is 3. The highest BCUT2D eigenvalue weighted by Crippen LogP contribution is 2.26. The first-order valence-corrected chi connectivity index (χ1v) is 7.53. The van der Waals surface area contributed by atoms with E-state index in [4.69, 9.17) is 11.6 Å². The standard InChI is InChI=1S/C15H18ClN3O/c16-13-8-6-12(7-9-13)14-17-18-15(20)19(14)10-11-4-2-1-3-5-11/h6-9,11H,1-5,10H2,(H,18,20). The number of aromatic amines is 1. The van der Waals surface area contributed by atoms with Gasteiger partial charge in [-0.3, -0.25) is 4.57 Å². The van der Waals surface area contributed by atoms with Crippen LogP contribution < -0.4 is 5.69 Å². The van der Waals surface area contributed by atoms with Gasteiger partial charge in [-0.2, -0.15) is 5.10 Å². The van der Waals surface area contributed by atoms with Gasteiger partial charge in [0.15, 0.2) is 5.82 Å². The number of nitrogens with zero attached hydrogens (tertiary/aromatic N) is 2. The Morgan fingerprint density at radius 2 is 1.90 bits per heavy atom. The maximum atomic E-state index is 12.0. The number of nitrogens with one attached hydrogen (secondary N) is 1. The Morgan fingerprint density at radius 1 is 1.20 bits per heavy atom. The predicted molar refractivity (Wildman–Crippen MR) is 79.9 cm³/mol. The number of H-pyrrole nitrogens is 1. The number of aromatic nitrogens is 3. The Hall–Kier alpha value is -1.55. The van der Waals surface area contributed by atoms with Gasteiger partial charge in [-0.15, -0.1) is 0 Å². The van der Waals surface area contributed by atoms with E-state index in [-0.39, 0.29) is 5.69 Å². The monoisotopic (exact) mass is 291 g/mol. The Bertz CT molecular complexity index is 623. The van der Waals surface area contributed by atoms with Gasteiger partial charge in [0.25, 0.3) is 0 Å². The van der Waals surface area contributed by atoms with Gasteiger partial charge in [-0.05, 0) is 43.0 Å². The van der Waals surface area contributed by atoms with Crippen molar-refractivity contribution in [2.75, 3.05) is 0 Å². The second-order valence-corrected chi connectivity index (χ2v) is 5.91. The van der Waals surface area contributed by atoms with E-state index in [2.05, 4.69) is 10.2 Å². The van der Waals surface area contributed by atoms with E-state index in [1.165, 1.54) is 32.1 Å². The van der Waals surface area contributed by atoms with Gasteiger partial charge in [0, 0.05) is 17.1 Å². The van der Waals surface area contributed by atoms with Gasteiger partial charge in [0.1, 0.15) is 0 Å². The second-order valence-electron chi connectivity index (χ2n) is 5.47. The van der Waals surface area contributed by atoms with Crippen molar-refractivity contribution in [3.63, 3.8) is 0 Å². The van der Waals surface area contributed by atoms with E-state index in [1.54, 1.807) is 4.57 Å². The maximum absolute atomic E-state index is 12.0. The van der Waals surface area contributed by atoms with Gasteiger partial charge < -0.3 is 0 Å². The van der Waals surface area contributed by atoms with Gasteiger partial charge in [-0.25, -0.2) is 9.89 Å².